The summed E-state index contributed by atoms with van der Waals surface area (Å²) in [7, 11) is 0. The molecule has 0 saturated carbocycles. The first kappa shape index (κ1) is 14.1. The zero-order valence-corrected chi connectivity index (χ0v) is 13.4. The monoisotopic (exact) mass is 321 g/mol. The number of H-pyrrole nitrogens is 1. The molecule has 3 aromatic heterocycles. The number of carbonyl (C=O) groups excluding carboxylic acids is 1. The molecule has 4 nitrogen and oxygen atoms in total. The van der Waals surface area contributed by atoms with Crippen molar-refractivity contribution >= 4 is 34.0 Å². The van der Waals surface area contributed by atoms with E-state index < -0.39 is 0 Å². The second-order valence-electron chi connectivity index (χ2n) is 5.41. The summed E-state index contributed by atoms with van der Waals surface area (Å²) in [6.07, 6.45) is 5.59. The molecule has 0 aliphatic rings. The quantitative estimate of drug-likeness (QED) is 0.453. The average Bonchev–Trinajstić information content (AvgIpc) is 3.19. The topological polar surface area (TPSA) is 50.2 Å². The van der Waals surface area contributed by atoms with Crippen LogP contribution < -0.4 is 0 Å². The third-order valence-electron chi connectivity index (χ3n) is 3.91. The highest BCUT2D eigenvalue weighted by Crippen LogP contribution is 2.28. The van der Waals surface area contributed by atoms with Crippen molar-refractivity contribution in [2.24, 2.45) is 0 Å². The van der Waals surface area contributed by atoms with Gasteiger partial charge in [-0.05, 0) is 25.1 Å². The number of nitrogens with zero attached hydrogens (tertiary/aromatic N) is 2. The van der Waals surface area contributed by atoms with Gasteiger partial charge in [-0.3, -0.25) is 9.20 Å². The molecule has 0 fully saturated rings. The van der Waals surface area contributed by atoms with Gasteiger partial charge in [0, 0.05) is 28.9 Å². The van der Waals surface area contributed by atoms with Gasteiger partial charge in [0.2, 0.25) is 0 Å². The lowest BCUT2D eigenvalue weighted by Crippen LogP contribution is -2.13. The van der Waals surface area contributed by atoms with E-state index in [1.54, 1.807) is 6.20 Å². The number of ketones is 1. The molecule has 0 unspecified atom stereocenters. The van der Waals surface area contributed by atoms with E-state index in [0.717, 1.165) is 27.1 Å². The van der Waals surface area contributed by atoms with Crippen LogP contribution in [-0.4, -0.2) is 25.4 Å². The maximum Gasteiger partial charge on any atom is 0.178 e. The number of para-hydroxylation sites is 1. The summed E-state index contributed by atoms with van der Waals surface area (Å²) in [6.45, 7) is 1.93. The maximum absolute atomic E-state index is 12.8. The molecule has 23 heavy (non-hydrogen) atoms. The Kier molecular flexibility index (Phi) is 3.42. The number of hydrogen-bond donors (Lipinski definition) is 1. The van der Waals surface area contributed by atoms with Crippen LogP contribution in [0, 0.1) is 0 Å². The van der Waals surface area contributed by atoms with E-state index in [2.05, 4.69) is 9.97 Å². The highest BCUT2D eigenvalue weighted by atomic mass is 32.2. The fourth-order valence-corrected chi connectivity index (χ4v) is 3.66. The minimum Gasteiger partial charge on any atom is -0.360 e. The van der Waals surface area contributed by atoms with Gasteiger partial charge in [-0.25, -0.2) is 4.98 Å². The predicted molar refractivity (Wildman–Crippen MR) is 93.1 cm³/mol. The lowest BCUT2D eigenvalue weighted by Gasteiger charge is -2.09. The molecule has 0 radical (unpaired) electrons. The largest absolute Gasteiger partial charge is 0.360 e. The van der Waals surface area contributed by atoms with Crippen molar-refractivity contribution < 1.29 is 4.79 Å². The molecule has 5 heteroatoms. The van der Waals surface area contributed by atoms with Gasteiger partial charge in [0.15, 0.2) is 10.9 Å². The molecule has 0 amide bonds. The fraction of sp³-hybridized carbons (Fsp3) is 0.111. The minimum absolute atomic E-state index is 0.111. The van der Waals surface area contributed by atoms with Crippen molar-refractivity contribution in [3.63, 3.8) is 0 Å². The minimum atomic E-state index is -0.208. The predicted octanol–water partition coefficient (Wildman–Crippen LogP) is 4.18. The molecule has 0 saturated heterocycles. The van der Waals surface area contributed by atoms with E-state index >= 15 is 0 Å². The molecule has 1 aromatic carbocycles. The Labute approximate surface area is 137 Å². The highest BCUT2D eigenvalue weighted by Gasteiger charge is 2.21. The molecular formula is C18H15N3OS. The number of rotatable bonds is 4. The summed E-state index contributed by atoms with van der Waals surface area (Å²) < 4.78 is 2.00. The highest BCUT2D eigenvalue weighted by molar-refractivity contribution is 8.00. The van der Waals surface area contributed by atoms with Crippen LogP contribution in [0.2, 0.25) is 0 Å². The van der Waals surface area contributed by atoms with Crippen molar-refractivity contribution in [1.82, 2.24) is 14.4 Å². The summed E-state index contributed by atoms with van der Waals surface area (Å²) in [6, 6.07) is 13.8. The molecule has 0 bridgehead atoms. The number of benzene rings is 1. The number of pyridine rings is 1. The van der Waals surface area contributed by atoms with Crippen molar-refractivity contribution in [2.75, 3.05) is 0 Å². The van der Waals surface area contributed by atoms with Crippen molar-refractivity contribution in [1.29, 1.82) is 0 Å². The van der Waals surface area contributed by atoms with Crippen LogP contribution in [-0.2, 0) is 0 Å². The number of aromatic amines is 1. The lowest BCUT2D eigenvalue weighted by molar-refractivity contribution is 0.0995. The van der Waals surface area contributed by atoms with Gasteiger partial charge in [-0.15, -0.1) is 0 Å². The molecular weight excluding hydrogens is 306 g/mol. The van der Waals surface area contributed by atoms with Crippen LogP contribution in [0.1, 0.15) is 17.3 Å². The zero-order valence-electron chi connectivity index (χ0n) is 12.6. The maximum atomic E-state index is 12.8. The van der Waals surface area contributed by atoms with Crippen LogP contribution in [0.15, 0.2) is 66.2 Å². The smallest absolute Gasteiger partial charge is 0.178 e. The number of carbonyl (C=O) groups is 1. The summed E-state index contributed by atoms with van der Waals surface area (Å²) in [5, 5.41) is 1.60. The van der Waals surface area contributed by atoms with Crippen LogP contribution in [0.25, 0.3) is 16.4 Å². The van der Waals surface area contributed by atoms with Crippen LogP contribution in [0.5, 0.6) is 0 Å². The zero-order chi connectivity index (χ0) is 15.8. The van der Waals surface area contributed by atoms with E-state index in [0.29, 0.717) is 0 Å². The standard InChI is InChI=1S/C18H15N3OS/c1-12(23-18-20-10-13-6-4-5-9-21(13)18)17(22)15-11-19-16-8-3-2-7-14(15)16/h2-12,19H,1H3/t12-/m0/s1. The normalized spacial score (nSPS) is 12.7. The number of thioether (sulfide) groups is 1. The Bertz CT molecular complexity index is 1000. The fourth-order valence-electron chi connectivity index (χ4n) is 2.71. The van der Waals surface area contributed by atoms with Crippen molar-refractivity contribution in [2.45, 2.75) is 17.3 Å². The van der Waals surface area contributed by atoms with E-state index in [-0.39, 0.29) is 11.0 Å². The summed E-state index contributed by atoms with van der Waals surface area (Å²) >= 11 is 1.48. The van der Waals surface area contributed by atoms with Gasteiger partial charge in [0.1, 0.15) is 0 Å². The van der Waals surface area contributed by atoms with Crippen LogP contribution in [0.4, 0.5) is 0 Å². The third-order valence-corrected chi connectivity index (χ3v) is 4.99. The average molecular weight is 321 g/mol. The molecule has 0 aliphatic heterocycles. The summed E-state index contributed by atoms with van der Waals surface area (Å²) in [5.41, 5.74) is 2.75. The Hall–Kier alpha value is -2.53. The molecule has 0 aliphatic carbocycles. The Morgan fingerprint density at radius 1 is 1.22 bits per heavy atom. The first-order valence-electron chi connectivity index (χ1n) is 7.43. The second kappa shape index (κ2) is 5.59. The van der Waals surface area contributed by atoms with E-state index in [1.807, 2.05) is 66.2 Å². The van der Waals surface area contributed by atoms with Crippen molar-refractivity contribution in [3.05, 3.63) is 66.6 Å². The molecule has 3 heterocycles. The Morgan fingerprint density at radius 2 is 2.04 bits per heavy atom. The van der Waals surface area contributed by atoms with Gasteiger partial charge in [-0.1, -0.05) is 36.0 Å². The molecule has 1 atom stereocenters. The van der Waals surface area contributed by atoms with Gasteiger partial charge >= 0.3 is 0 Å². The van der Waals surface area contributed by atoms with Gasteiger partial charge in [0.05, 0.1) is 17.0 Å². The van der Waals surface area contributed by atoms with Gasteiger partial charge in [0.25, 0.3) is 0 Å². The molecule has 4 aromatic rings. The van der Waals surface area contributed by atoms with Crippen LogP contribution in [0.3, 0.4) is 0 Å². The van der Waals surface area contributed by atoms with E-state index in [1.165, 1.54) is 11.8 Å². The number of aromatic nitrogens is 3. The van der Waals surface area contributed by atoms with Crippen molar-refractivity contribution in [3.8, 4) is 0 Å². The summed E-state index contributed by atoms with van der Waals surface area (Å²) in [5.74, 6) is 0.111. The number of nitrogens with one attached hydrogen (secondary N) is 1. The number of hydrogen-bond acceptors (Lipinski definition) is 3. The SMILES string of the molecule is C[C@H](Sc1ncc2ccccn12)C(=O)c1c[nH]c2ccccc12. The molecule has 1 N–H and O–H groups in total. The first-order valence-corrected chi connectivity index (χ1v) is 8.31. The first-order chi connectivity index (χ1) is 11.2. The third kappa shape index (κ3) is 2.43. The Balaban J connectivity index is 1.64. The van der Waals surface area contributed by atoms with Gasteiger partial charge in [-0.2, -0.15) is 0 Å². The number of fused-ring (bicyclic) bond motifs is 2. The second-order valence-corrected chi connectivity index (χ2v) is 6.72. The molecule has 0 spiro atoms. The lowest BCUT2D eigenvalue weighted by atomic mass is 10.1. The molecule has 4 rings (SSSR count). The van der Waals surface area contributed by atoms with E-state index in [9.17, 15) is 4.79 Å². The van der Waals surface area contributed by atoms with Gasteiger partial charge < -0.3 is 4.98 Å². The van der Waals surface area contributed by atoms with Crippen LogP contribution >= 0.6 is 11.8 Å². The summed E-state index contributed by atoms with van der Waals surface area (Å²) in [4.78, 5) is 20.4. The number of imidazole rings is 1. The number of Topliss-reactive ketones (excluding diaryl/α,β-unsaturated/α-hetero) is 1. The Morgan fingerprint density at radius 3 is 2.96 bits per heavy atom. The molecule has 114 valence electrons. The van der Waals surface area contributed by atoms with E-state index in [4.69, 9.17) is 0 Å².